The van der Waals surface area contributed by atoms with Gasteiger partial charge in [0, 0.05) is 35.3 Å². The van der Waals surface area contributed by atoms with Gasteiger partial charge >= 0.3 is 0 Å². The standard InChI is InChI=1S/C24H23F2N7O2/c1-13(23-29-12-32(2)31-23)33(9-16-5-3-15(8-28-16)21(25)26)24(34)14-4-6-20-17(7-14)18-10-35-11-19(18)22(27)30-20/h3-8,12-13,21H,9-11H2,1-2H3,(H2,27,30)/t13-/m1/s1. The van der Waals surface area contributed by atoms with Crippen molar-refractivity contribution in [3.05, 3.63) is 76.6 Å². The van der Waals surface area contributed by atoms with Crippen LogP contribution in [0.25, 0.3) is 10.9 Å². The summed E-state index contributed by atoms with van der Waals surface area (Å²) in [6.45, 7) is 2.68. The van der Waals surface area contributed by atoms with Gasteiger partial charge in [-0.2, -0.15) is 5.10 Å². The molecule has 1 aromatic carbocycles. The number of nitrogen functional groups attached to an aromatic ring is 1. The summed E-state index contributed by atoms with van der Waals surface area (Å²) in [5.41, 5.74) is 9.24. The Hall–Kier alpha value is -3.99. The van der Waals surface area contributed by atoms with Crippen LogP contribution in [0.1, 0.15) is 58.0 Å². The predicted molar refractivity (Wildman–Crippen MR) is 123 cm³/mol. The Morgan fingerprint density at radius 2 is 2.00 bits per heavy atom. The molecule has 0 unspecified atom stereocenters. The highest BCUT2D eigenvalue weighted by Crippen LogP contribution is 2.32. The number of amides is 1. The van der Waals surface area contributed by atoms with Crippen molar-refractivity contribution in [3.8, 4) is 0 Å². The molecular weight excluding hydrogens is 456 g/mol. The number of carbonyl (C=O) groups is 1. The third-order valence-corrected chi connectivity index (χ3v) is 6.13. The van der Waals surface area contributed by atoms with Crippen molar-refractivity contribution in [2.75, 3.05) is 5.73 Å². The lowest BCUT2D eigenvalue weighted by atomic mass is 10.0. The number of anilines is 1. The number of ether oxygens (including phenoxy) is 1. The largest absolute Gasteiger partial charge is 0.383 e. The molecule has 1 aliphatic heterocycles. The van der Waals surface area contributed by atoms with Gasteiger partial charge in [0.25, 0.3) is 12.3 Å². The molecule has 1 atom stereocenters. The van der Waals surface area contributed by atoms with Gasteiger partial charge in [0.05, 0.1) is 37.0 Å². The highest BCUT2D eigenvalue weighted by Gasteiger charge is 2.27. The molecule has 1 amide bonds. The molecular formula is C24H23F2N7O2. The zero-order valence-electron chi connectivity index (χ0n) is 19.2. The summed E-state index contributed by atoms with van der Waals surface area (Å²) in [4.78, 5) is 28.3. The molecule has 9 nitrogen and oxygen atoms in total. The van der Waals surface area contributed by atoms with Crippen molar-refractivity contribution < 1.29 is 18.3 Å². The number of hydrogen-bond acceptors (Lipinski definition) is 7. The molecule has 0 bridgehead atoms. The summed E-state index contributed by atoms with van der Waals surface area (Å²) < 4.78 is 33.0. The molecule has 35 heavy (non-hydrogen) atoms. The summed E-state index contributed by atoms with van der Waals surface area (Å²) in [6, 6.07) is 7.55. The van der Waals surface area contributed by atoms with Gasteiger partial charge < -0.3 is 15.4 Å². The van der Waals surface area contributed by atoms with E-state index in [4.69, 9.17) is 10.5 Å². The fourth-order valence-corrected chi connectivity index (χ4v) is 4.17. The lowest BCUT2D eigenvalue weighted by Gasteiger charge is -2.27. The van der Waals surface area contributed by atoms with E-state index in [9.17, 15) is 13.6 Å². The number of rotatable bonds is 6. The summed E-state index contributed by atoms with van der Waals surface area (Å²) in [5, 5.41) is 5.15. The van der Waals surface area contributed by atoms with Crippen molar-refractivity contribution in [2.24, 2.45) is 7.05 Å². The number of aryl methyl sites for hydroxylation is 1. The van der Waals surface area contributed by atoms with Crippen LogP contribution in [-0.4, -0.2) is 35.5 Å². The van der Waals surface area contributed by atoms with E-state index in [1.54, 1.807) is 41.2 Å². The zero-order valence-corrected chi connectivity index (χ0v) is 19.2. The average molecular weight is 479 g/mol. The lowest BCUT2D eigenvalue weighted by molar-refractivity contribution is 0.0663. The maximum Gasteiger partial charge on any atom is 0.265 e. The number of nitrogens with two attached hydrogens (primary N) is 1. The summed E-state index contributed by atoms with van der Waals surface area (Å²) in [6.07, 6.45) is 0.0679. The molecule has 2 N–H and O–H groups in total. The van der Waals surface area contributed by atoms with E-state index in [0.29, 0.717) is 41.6 Å². The van der Waals surface area contributed by atoms with Crippen LogP contribution in [0.5, 0.6) is 0 Å². The van der Waals surface area contributed by atoms with Gasteiger partial charge in [0.2, 0.25) is 0 Å². The fourth-order valence-electron chi connectivity index (χ4n) is 4.17. The van der Waals surface area contributed by atoms with Crippen molar-refractivity contribution in [1.82, 2.24) is 29.6 Å². The molecule has 0 fully saturated rings. The predicted octanol–water partition coefficient (Wildman–Crippen LogP) is 3.71. The van der Waals surface area contributed by atoms with E-state index >= 15 is 0 Å². The van der Waals surface area contributed by atoms with Gasteiger partial charge in [-0.05, 0) is 42.8 Å². The van der Waals surface area contributed by atoms with Crippen molar-refractivity contribution >= 4 is 22.6 Å². The second-order valence-electron chi connectivity index (χ2n) is 8.45. The number of nitrogens with zero attached hydrogens (tertiary/aromatic N) is 6. The van der Waals surface area contributed by atoms with Gasteiger partial charge in [0.1, 0.15) is 12.1 Å². The van der Waals surface area contributed by atoms with Crippen LogP contribution < -0.4 is 5.73 Å². The monoisotopic (exact) mass is 479 g/mol. The zero-order chi connectivity index (χ0) is 24.7. The number of alkyl halides is 2. The minimum Gasteiger partial charge on any atom is -0.383 e. The summed E-state index contributed by atoms with van der Waals surface area (Å²) in [7, 11) is 1.74. The quantitative estimate of drug-likeness (QED) is 0.449. The minimum atomic E-state index is -2.61. The Balaban J connectivity index is 1.53. The van der Waals surface area contributed by atoms with Gasteiger partial charge in [-0.25, -0.2) is 18.7 Å². The van der Waals surface area contributed by atoms with E-state index < -0.39 is 12.5 Å². The van der Waals surface area contributed by atoms with E-state index in [0.717, 1.165) is 22.7 Å². The molecule has 4 heterocycles. The number of aromatic nitrogens is 5. The number of hydrogen-bond donors (Lipinski definition) is 1. The third-order valence-electron chi connectivity index (χ3n) is 6.13. The Morgan fingerprint density at radius 1 is 1.20 bits per heavy atom. The molecule has 0 aliphatic carbocycles. The second-order valence-corrected chi connectivity index (χ2v) is 8.45. The second kappa shape index (κ2) is 8.99. The number of pyridine rings is 2. The Kier molecular flexibility index (Phi) is 5.85. The number of carbonyl (C=O) groups excluding carboxylic acids is 1. The SMILES string of the molecule is C[C@H](c1ncn(C)n1)N(Cc1ccc(C(F)F)cn1)C(=O)c1ccc2nc(N)c3c(c2c1)COC3. The van der Waals surface area contributed by atoms with Gasteiger partial charge in [-0.1, -0.05) is 0 Å². The first-order valence-corrected chi connectivity index (χ1v) is 11.0. The maximum atomic E-state index is 13.8. The first kappa shape index (κ1) is 22.8. The van der Waals surface area contributed by atoms with Crippen LogP contribution in [0.2, 0.25) is 0 Å². The Bertz CT molecular complexity index is 1410. The van der Waals surface area contributed by atoms with Gasteiger partial charge in [0.15, 0.2) is 5.82 Å². The highest BCUT2D eigenvalue weighted by molar-refractivity contribution is 5.99. The molecule has 0 spiro atoms. The maximum absolute atomic E-state index is 13.8. The van der Waals surface area contributed by atoms with Crippen LogP contribution in [0.3, 0.4) is 0 Å². The molecule has 180 valence electrons. The number of fused-ring (bicyclic) bond motifs is 3. The fraction of sp³-hybridized carbons (Fsp3) is 0.292. The number of halogens is 2. The van der Waals surface area contributed by atoms with Crippen LogP contribution in [0.15, 0.2) is 42.9 Å². The molecule has 1 aliphatic rings. The van der Waals surface area contributed by atoms with Crippen LogP contribution in [-0.2, 0) is 31.5 Å². The minimum absolute atomic E-state index is 0.0843. The first-order chi connectivity index (χ1) is 16.8. The van der Waals surface area contributed by atoms with E-state index in [1.807, 2.05) is 6.92 Å². The molecule has 0 saturated heterocycles. The van der Waals surface area contributed by atoms with Crippen LogP contribution in [0, 0.1) is 0 Å². The lowest BCUT2D eigenvalue weighted by Crippen LogP contribution is -2.34. The molecule has 4 aromatic rings. The van der Waals surface area contributed by atoms with Crippen molar-refractivity contribution in [1.29, 1.82) is 0 Å². The highest BCUT2D eigenvalue weighted by atomic mass is 19.3. The van der Waals surface area contributed by atoms with Gasteiger partial charge in [-0.3, -0.25) is 14.5 Å². The Morgan fingerprint density at radius 3 is 2.69 bits per heavy atom. The van der Waals surface area contributed by atoms with E-state index in [1.165, 1.54) is 12.1 Å². The third kappa shape index (κ3) is 4.30. The topological polar surface area (TPSA) is 112 Å². The van der Waals surface area contributed by atoms with Crippen LogP contribution >= 0.6 is 0 Å². The van der Waals surface area contributed by atoms with Crippen LogP contribution in [0.4, 0.5) is 14.6 Å². The summed E-state index contributed by atoms with van der Waals surface area (Å²) >= 11 is 0. The van der Waals surface area contributed by atoms with Crippen molar-refractivity contribution in [2.45, 2.75) is 39.1 Å². The van der Waals surface area contributed by atoms with E-state index in [-0.39, 0.29) is 18.0 Å². The molecule has 0 radical (unpaired) electrons. The van der Waals surface area contributed by atoms with Crippen molar-refractivity contribution in [3.63, 3.8) is 0 Å². The first-order valence-electron chi connectivity index (χ1n) is 11.0. The van der Waals surface area contributed by atoms with E-state index in [2.05, 4.69) is 20.1 Å². The molecule has 0 saturated carbocycles. The normalized spacial score (nSPS) is 13.9. The summed E-state index contributed by atoms with van der Waals surface area (Å²) in [5.74, 6) is 0.601. The molecule has 11 heteroatoms. The smallest absolute Gasteiger partial charge is 0.265 e. The van der Waals surface area contributed by atoms with Gasteiger partial charge in [-0.15, -0.1) is 0 Å². The average Bonchev–Trinajstić information content (AvgIpc) is 3.52. The molecule has 5 rings (SSSR count). The molecule has 3 aromatic heterocycles. The number of benzene rings is 1. The Labute approximate surface area is 199 Å².